The van der Waals surface area contributed by atoms with Gasteiger partial charge < -0.3 is 9.47 Å². The second kappa shape index (κ2) is 9.20. The van der Waals surface area contributed by atoms with Gasteiger partial charge in [0.05, 0.1) is 6.61 Å². The molecule has 0 aliphatic rings. The molecule has 4 heteroatoms. The van der Waals surface area contributed by atoms with E-state index in [-0.39, 0.29) is 5.78 Å². The summed E-state index contributed by atoms with van der Waals surface area (Å²) in [6.45, 7) is 6.19. The van der Waals surface area contributed by atoms with Crippen LogP contribution in [0, 0.1) is 13.8 Å². The molecule has 29 heavy (non-hydrogen) atoms. The molecule has 0 amide bonds. The van der Waals surface area contributed by atoms with Gasteiger partial charge in [0.1, 0.15) is 11.3 Å². The van der Waals surface area contributed by atoms with Gasteiger partial charge >= 0.3 is 5.97 Å². The third-order valence-corrected chi connectivity index (χ3v) is 4.59. The Hall–Kier alpha value is -3.40. The smallest absolute Gasteiger partial charge is 0.342 e. The van der Waals surface area contributed by atoms with Crippen molar-refractivity contribution in [3.05, 3.63) is 101 Å². The SMILES string of the molecule is CCOc1ccccc1C(=O)O[C@@H](C(=O)c1ccc(C)cc1)c1ccc(C)cc1. The Bertz CT molecular complexity index is 988. The molecule has 0 radical (unpaired) electrons. The molecule has 3 aromatic carbocycles. The van der Waals surface area contributed by atoms with E-state index in [2.05, 4.69) is 0 Å². The summed E-state index contributed by atoms with van der Waals surface area (Å²) in [5, 5.41) is 0. The van der Waals surface area contributed by atoms with Crippen molar-refractivity contribution in [3.63, 3.8) is 0 Å². The lowest BCUT2D eigenvalue weighted by molar-refractivity contribution is 0.0276. The van der Waals surface area contributed by atoms with Gasteiger partial charge in [0.2, 0.25) is 5.78 Å². The molecule has 4 nitrogen and oxygen atoms in total. The van der Waals surface area contributed by atoms with Crippen LogP contribution in [0.25, 0.3) is 0 Å². The second-order valence-corrected chi connectivity index (χ2v) is 6.86. The van der Waals surface area contributed by atoms with Crippen LogP contribution in [0.4, 0.5) is 0 Å². The fourth-order valence-corrected chi connectivity index (χ4v) is 2.97. The maximum absolute atomic E-state index is 13.2. The Labute approximate surface area is 171 Å². The molecule has 0 spiro atoms. The van der Waals surface area contributed by atoms with Crippen molar-refractivity contribution in [1.29, 1.82) is 0 Å². The Morgan fingerprint density at radius 3 is 2.03 bits per heavy atom. The number of hydrogen-bond donors (Lipinski definition) is 0. The van der Waals surface area contributed by atoms with Gasteiger partial charge in [0.25, 0.3) is 0 Å². The molecule has 0 N–H and O–H groups in total. The van der Waals surface area contributed by atoms with E-state index in [4.69, 9.17) is 9.47 Å². The predicted molar refractivity (Wildman–Crippen MR) is 112 cm³/mol. The molecule has 0 fully saturated rings. The van der Waals surface area contributed by atoms with Crippen LogP contribution in [0.2, 0.25) is 0 Å². The first-order valence-electron chi connectivity index (χ1n) is 9.60. The molecule has 0 saturated carbocycles. The molecule has 0 saturated heterocycles. The van der Waals surface area contributed by atoms with Crippen LogP contribution in [0.3, 0.4) is 0 Å². The van der Waals surface area contributed by atoms with Crippen LogP contribution >= 0.6 is 0 Å². The highest BCUT2D eigenvalue weighted by Gasteiger charge is 2.28. The van der Waals surface area contributed by atoms with E-state index in [1.165, 1.54) is 0 Å². The number of carbonyl (C=O) groups is 2. The quantitative estimate of drug-likeness (QED) is 0.397. The van der Waals surface area contributed by atoms with Gasteiger partial charge in [0, 0.05) is 11.1 Å². The number of carbonyl (C=O) groups excluding carboxylic acids is 2. The molecule has 0 aliphatic carbocycles. The summed E-state index contributed by atoms with van der Waals surface area (Å²) < 4.78 is 11.3. The van der Waals surface area contributed by atoms with E-state index in [1.54, 1.807) is 36.4 Å². The fraction of sp³-hybridized carbons (Fsp3) is 0.200. The monoisotopic (exact) mass is 388 g/mol. The summed E-state index contributed by atoms with van der Waals surface area (Å²) in [7, 11) is 0. The maximum Gasteiger partial charge on any atom is 0.342 e. The van der Waals surface area contributed by atoms with Crippen molar-refractivity contribution < 1.29 is 19.1 Å². The van der Waals surface area contributed by atoms with E-state index in [0.717, 1.165) is 11.1 Å². The highest BCUT2D eigenvalue weighted by Crippen LogP contribution is 2.27. The zero-order chi connectivity index (χ0) is 20.8. The molecule has 0 aromatic heterocycles. The van der Waals surface area contributed by atoms with E-state index in [0.29, 0.717) is 29.0 Å². The van der Waals surface area contributed by atoms with Crippen LogP contribution in [0.15, 0.2) is 72.8 Å². The number of rotatable bonds is 7. The lowest BCUT2D eigenvalue weighted by Gasteiger charge is -2.19. The Balaban J connectivity index is 1.95. The molecule has 0 aliphatic heterocycles. The summed E-state index contributed by atoms with van der Waals surface area (Å²) in [5.74, 6) is -0.429. The minimum Gasteiger partial charge on any atom is -0.493 e. The minimum atomic E-state index is -1.04. The van der Waals surface area contributed by atoms with Gasteiger partial charge in [-0.05, 0) is 32.9 Å². The third-order valence-electron chi connectivity index (χ3n) is 4.59. The van der Waals surface area contributed by atoms with Crippen LogP contribution in [0.5, 0.6) is 5.75 Å². The number of para-hydroxylation sites is 1. The number of ketones is 1. The zero-order valence-electron chi connectivity index (χ0n) is 16.8. The average Bonchev–Trinajstić information content (AvgIpc) is 2.73. The van der Waals surface area contributed by atoms with Gasteiger partial charge in [-0.25, -0.2) is 4.79 Å². The Kier molecular flexibility index (Phi) is 6.45. The molecule has 3 rings (SSSR count). The lowest BCUT2D eigenvalue weighted by atomic mass is 9.98. The fourth-order valence-electron chi connectivity index (χ4n) is 2.97. The molecular formula is C25H24O4. The lowest BCUT2D eigenvalue weighted by Crippen LogP contribution is -2.21. The van der Waals surface area contributed by atoms with Crippen molar-refractivity contribution in [2.75, 3.05) is 6.61 Å². The highest BCUT2D eigenvalue weighted by atomic mass is 16.5. The number of esters is 1. The number of aryl methyl sites for hydroxylation is 2. The number of ether oxygens (including phenoxy) is 2. The first kappa shape index (κ1) is 20.3. The number of Topliss-reactive ketones (excluding diaryl/α,β-unsaturated/α-hetero) is 1. The van der Waals surface area contributed by atoms with Crippen molar-refractivity contribution >= 4 is 11.8 Å². The first-order chi connectivity index (χ1) is 14.0. The maximum atomic E-state index is 13.2. The summed E-state index contributed by atoms with van der Waals surface area (Å²) in [6, 6.07) is 21.5. The van der Waals surface area contributed by atoms with E-state index in [9.17, 15) is 9.59 Å². The standard InChI is InChI=1S/C25H24O4/c1-4-28-22-8-6-5-7-21(22)25(27)29-24(20-15-11-18(3)12-16-20)23(26)19-13-9-17(2)10-14-19/h5-16,24H,4H2,1-3H3/t24-/m1/s1. The number of hydrogen-bond acceptors (Lipinski definition) is 4. The summed E-state index contributed by atoms with van der Waals surface area (Å²) in [5.41, 5.74) is 3.53. The molecule has 0 heterocycles. The van der Waals surface area contributed by atoms with Gasteiger partial charge in [-0.1, -0.05) is 71.8 Å². The second-order valence-electron chi connectivity index (χ2n) is 6.86. The molecular weight excluding hydrogens is 364 g/mol. The first-order valence-corrected chi connectivity index (χ1v) is 9.60. The van der Waals surface area contributed by atoms with Crippen LogP contribution in [-0.2, 0) is 4.74 Å². The topological polar surface area (TPSA) is 52.6 Å². The minimum absolute atomic E-state index is 0.268. The zero-order valence-corrected chi connectivity index (χ0v) is 16.8. The molecule has 148 valence electrons. The normalized spacial score (nSPS) is 11.6. The molecule has 3 aromatic rings. The van der Waals surface area contributed by atoms with Crippen molar-refractivity contribution in [3.8, 4) is 5.75 Å². The van der Waals surface area contributed by atoms with Crippen LogP contribution in [-0.4, -0.2) is 18.4 Å². The van der Waals surface area contributed by atoms with Crippen LogP contribution < -0.4 is 4.74 Å². The largest absolute Gasteiger partial charge is 0.493 e. The summed E-state index contributed by atoms with van der Waals surface area (Å²) in [4.78, 5) is 26.1. The van der Waals surface area contributed by atoms with Gasteiger partial charge in [0.15, 0.2) is 6.10 Å². The Morgan fingerprint density at radius 2 is 1.41 bits per heavy atom. The summed E-state index contributed by atoms with van der Waals surface area (Å²) >= 11 is 0. The van der Waals surface area contributed by atoms with Gasteiger partial charge in [-0.2, -0.15) is 0 Å². The molecule has 0 bridgehead atoms. The van der Waals surface area contributed by atoms with E-state index < -0.39 is 12.1 Å². The summed E-state index contributed by atoms with van der Waals surface area (Å²) in [6.07, 6.45) is -1.04. The van der Waals surface area contributed by atoms with Crippen molar-refractivity contribution in [1.82, 2.24) is 0 Å². The van der Waals surface area contributed by atoms with Crippen molar-refractivity contribution in [2.24, 2.45) is 0 Å². The number of benzene rings is 3. The van der Waals surface area contributed by atoms with Gasteiger partial charge in [-0.3, -0.25) is 4.79 Å². The average molecular weight is 388 g/mol. The van der Waals surface area contributed by atoms with Crippen molar-refractivity contribution in [2.45, 2.75) is 26.9 Å². The third kappa shape index (κ3) is 4.91. The van der Waals surface area contributed by atoms with Gasteiger partial charge in [-0.15, -0.1) is 0 Å². The van der Waals surface area contributed by atoms with Crippen LogP contribution in [0.1, 0.15) is 50.4 Å². The van der Waals surface area contributed by atoms with E-state index >= 15 is 0 Å². The molecule has 1 atom stereocenters. The van der Waals surface area contributed by atoms with E-state index in [1.807, 2.05) is 57.2 Å². The molecule has 0 unspecified atom stereocenters. The predicted octanol–water partition coefficient (Wildman–Crippen LogP) is 5.48. The highest BCUT2D eigenvalue weighted by molar-refractivity contribution is 6.02. The Morgan fingerprint density at radius 1 is 0.828 bits per heavy atom.